The third kappa shape index (κ3) is 6.30. The fourth-order valence-electron chi connectivity index (χ4n) is 2.09. The lowest BCUT2D eigenvalue weighted by Crippen LogP contribution is -2.14. The summed E-state index contributed by atoms with van der Waals surface area (Å²) in [4.78, 5) is 12.4. The van der Waals surface area contributed by atoms with E-state index in [2.05, 4.69) is 10.6 Å². The molecule has 0 saturated carbocycles. The number of nitrogens with one attached hydrogen (secondary N) is 2. The lowest BCUT2D eigenvalue weighted by atomic mass is 10.2. The number of anilines is 1. The number of para-hydroxylation sites is 2. The Morgan fingerprint density at radius 2 is 1.70 bits per heavy atom. The summed E-state index contributed by atoms with van der Waals surface area (Å²) in [5.74, 6) is 0.470. The SMILES string of the molecule is CNCCCCOc1ccccc1C(=O)Nc1ccccc1.Cl. The van der Waals surface area contributed by atoms with Crippen molar-refractivity contribution in [3.05, 3.63) is 60.2 Å². The molecule has 4 nitrogen and oxygen atoms in total. The Balaban J connectivity index is 0.00000264. The van der Waals surface area contributed by atoms with Crippen LogP contribution in [0.1, 0.15) is 23.2 Å². The van der Waals surface area contributed by atoms with Crippen LogP contribution in [0.4, 0.5) is 5.69 Å². The predicted molar refractivity (Wildman–Crippen MR) is 96.7 cm³/mol. The number of amides is 1. The minimum absolute atomic E-state index is 0. The Labute approximate surface area is 143 Å². The van der Waals surface area contributed by atoms with Gasteiger partial charge in [0.25, 0.3) is 5.91 Å². The predicted octanol–water partition coefficient (Wildman–Crippen LogP) is 3.74. The fourth-order valence-corrected chi connectivity index (χ4v) is 2.09. The number of hydrogen-bond donors (Lipinski definition) is 2. The average Bonchev–Trinajstić information content (AvgIpc) is 2.56. The van der Waals surface area contributed by atoms with Crippen LogP contribution in [0.5, 0.6) is 5.75 Å². The number of benzene rings is 2. The summed E-state index contributed by atoms with van der Waals surface area (Å²) < 4.78 is 5.75. The summed E-state index contributed by atoms with van der Waals surface area (Å²) in [6.07, 6.45) is 2.00. The second kappa shape index (κ2) is 10.6. The molecular formula is C18H23ClN2O2. The largest absolute Gasteiger partial charge is 0.493 e. The molecule has 0 aromatic heterocycles. The van der Waals surface area contributed by atoms with Crippen molar-refractivity contribution in [3.63, 3.8) is 0 Å². The Morgan fingerprint density at radius 1 is 1.00 bits per heavy atom. The Hall–Kier alpha value is -2.04. The molecule has 0 spiro atoms. The second-order valence-electron chi connectivity index (χ2n) is 4.98. The van der Waals surface area contributed by atoms with Gasteiger partial charge in [-0.1, -0.05) is 30.3 Å². The number of carbonyl (C=O) groups is 1. The van der Waals surface area contributed by atoms with Gasteiger partial charge >= 0.3 is 0 Å². The number of rotatable bonds is 8. The molecule has 0 aliphatic rings. The molecule has 0 saturated heterocycles. The molecule has 0 bridgehead atoms. The van der Waals surface area contributed by atoms with Gasteiger partial charge in [0.1, 0.15) is 5.75 Å². The second-order valence-corrected chi connectivity index (χ2v) is 4.98. The third-order valence-electron chi connectivity index (χ3n) is 3.24. The van der Waals surface area contributed by atoms with Crippen LogP contribution in [0, 0.1) is 0 Å². The van der Waals surface area contributed by atoms with E-state index in [-0.39, 0.29) is 18.3 Å². The van der Waals surface area contributed by atoms with Gasteiger partial charge in [-0.15, -0.1) is 12.4 Å². The molecule has 0 aliphatic carbocycles. The first kappa shape index (κ1) is 19.0. The maximum Gasteiger partial charge on any atom is 0.259 e. The van der Waals surface area contributed by atoms with Gasteiger partial charge in [-0.3, -0.25) is 4.79 Å². The monoisotopic (exact) mass is 334 g/mol. The summed E-state index contributed by atoms with van der Waals surface area (Å²) in [6.45, 7) is 1.58. The summed E-state index contributed by atoms with van der Waals surface area (Å²) in [7, 11) is 1.93. The van der Waals surface area contributed by atoms with Crippen molar-refractivity contribution >= 4 is 24.0 Å². The fraction of sp³-hybridized carbons (Fsp3) is 0.278. The Kier molecular flexibility index (Phi) is 8.80. The van der Waals surface area contributed by atoms with Gasteiger partial charge in [-0.25, -0.2) is 0 Å². The highest BCUT2D eigenvalue weighted by Crippen LogP contribution is 2.20. The highest BCUT2D eigenvalue weighted by atomic mass is 35.5. The molecule has 5 heteroatoms. The molecule has 1 amide bonds. The average molecular weight is 335 g/mol. The van der Waals surface area contributed by atoms with Crippen LogP contribution in [0.15, 0.2) is 54.6 Å². The molecule has 2 aromatic rings. The van der Waals surface area contributed by atoms with Crippen LogP contribution < -0.4 is 15.4 Å². The topological polar surface area (TPSA) is 50.4 Å². The van der Waals surface area contributed by atoms with Gasteiger partial charge in [-0.2, -0.15) is 0 Å². The van der Waals surface area contributed by atoms with Crippen molar-refractivity contribution in [2.75, 3.05) is 25.5 Å². The van der Waals surface area contributed by atoms with E-state index in [0.717, 1.165) is 25.1 Å². The lowest BCUT2D eigenvalue weighted by Gasteiger charge is -2.11. The smallest absolute Gasteiger partial charge is 0.259 e. The zero-order valence-electron chi connectivity index (χ0n) is 13.2. The van der Waals surface area contributed by atoms with Crippen molar-refractivity contribution in [2.24, 2.45) is 0 Å². The molecule has 0 unspecified atom stereocenters. The zero-order chi connectivity index (χ0) is 15.6. The first-order chi connectivity index (χ1) is 10.8. The van der Waals surface area contributed by atoms with Crippen LogP contribution in [-0.4, -0.2) is 26.1 Å². The van der Waals surface area contributed by atoms with Gasteiger partial charge in [0.05, 0.1) is 12.2 Å². The van der Waals surface area contributed by atoms with E-state index in [1.807, 2.05) is 55.6 Å². The number of unbranched alkanes of at least 4 members (excludes halogenated alkanes) is 1. The van der Waals surface area contributed by atoms with Gasteiger partial charge in [0.2, 0.25) is 0 Å². The zero-order valence-corrected chi connectivity index (χ0v) is 14.1. The number of ether oxygens (including phenoxy) is 1. The van der Waals surface area contributed by atoms with E-state index < -0.39 is 0 Å². The molecule has 2 rings (SSSR count). The first-order valence-electron chi connectivity index (χ1n) is 7.54. The maximum absolute atomic E-state index is 12.4. The van der Waals surface area contributed by atoms with E-state index in [0.29, 0.717) is 17.9 Å². The van der Waals surface area contributed by atoms with Crippen molar-refractivity contribution in [1.82, 2.24) is 5.32 Å². The Bertz CT molecular complexity index is 591. The molecule has 0 heterocycles. The van der Waals surface area contributed by atoms with E-state index in [1.54, 1.807) is 6.07 Å². The summed E-state index contributed by atoms with van der Waals surface area (Å²) >= 11 is 0. The molecule has 0 radical (unpaired) electrons. The van der Waals surface area contributed by atoms with Crippen LogP contribution in [-0.2, 0) is 0 Å². The van der Waals surface area contributed by atoms with Crippen LogP contribution >= 0.6 is 12.4 Å². The highest BCUT2D eigenvalue weighted by molar-refractivity contribution is 6.06. The molecule has 124 valence electrons. The van der Waals surface area contributed by atoms with E-state index in [1.165, 1.54) is 0 Å². The molecule has 0 aliphatic heterocycles. The molecular weight excluding hydrogens is 312 g/mol. The van der Waals surface area contributed by atoms with Gasteiger partial charge in [-0.05, 0) is 50.7 Å². The number of hydrogen-bond acceptors (Lipinski definition) is 3. The normalized spacial score (nSPS) is 9.78. The quantitative estimate of drug-likeness (QED) is 0.723. The van der Waals surface area contributed by atoms with Gasteiger partial charge < -0.3 is 15.4 Å². The van der Waals surface area contributed by atoms with Crippen molar-refractivity contribution in [3.8, 4) is 5.75 Å². The maximum atomic E-state index is 12.4. The van der Waals surface area contributed by atoms with Crippen LogP contribution in [0.25, 0.3) is 0 Å². The summed E-state index contributed by atoms with van der Waals surface area (Å²) in [5.41, 5.74) is 1.33. The van der Waals surface area contributed by atoms with Crippen molar-refractivity contribution in [1.29, 1.82) is 0 Å². The number of carbonyl (C=O) groups excluding carboxylic acids is 1. The molecule has 0 atom stereocenters. The van der Waals surface area contributed by atoms with E-state index >= 15 is 0 Å². The van der Waals surface area contributed by atoms with Crippen molar-refractivity contribution in [2.45, 2.75) is 12.8 Å². The summed E-state index contributed by atoms with van der Waals surface area (Å²) in [6, 6.07) is 16.7. The molecule has 2 N–H and O–H groups in total. The number of halogens is 1. The Morgan fingerprint density at radius 3 is 2.43 bits per heavy atom. The minimum atomic E-state index is -0.156. The van der Waals surface area contributed by atoms with E-state index in [4.69, 9.17) is 4.74 Å². The standard InChI is InChI=1S/C18H22N2O2.ClH/c1-19-13-7-8-14-22-17-12-6-5-11-16(17)18(21)20-15-9-3-2-4-10-15;/h2-6,9-12,19H,7-8,13-14H2,1H3,(H,20,21);1H. The molecule has 2 aromatic carbocycles. The van der Waals surface area contributed by atoms with Gasteiger partial charge in [0, 0.05) is 5.69 Å². The first-order valence-corrected chi connectivity index (χ1v) is 7.54. The third-order valence-corrected chi connectivity index (χ3v) is 3.24. The lowest BCUT2D eigenvalue weighted by molar-refractivity contribution is 0.102. The molecule has 23 heavy (non-hydrogen) atoms. The van der Waals surface area contributed by atoms with E-state index in [9.17, 15) is 4.79 Å². The van der Waals surface area contributed by atoms with Crippen molar-refractivity contribution < 1.29 is 9.53 Å². The minimum Gasteiger partial charge on any atom is -0.493 e. The van der Waals surface area contributed by atoms with Gasteiger partial charge in [0.15, 0.2) is 0 Å². The molecule has 0 fully saturated rings. The summed E-state index contributed by atoms with van der Waals surface area (Å²) in [5, 5.41) is 5.98. The highest BCUT2D eigenvalue weighted by Gasteiger charge is 2.12. The van der Waals surface area contributed by atoms with Crippen LogP contribution in [0.3, 0.4) is 0 Å². The van der Waals surface area contributed by atoms with Crippen LogP contribution in [0.2, 0.25) is 0 Å².